The summed E-state index contributed by atoms with van der Waals surface area (Å²) in [5.74, 6) is 0. The fourth-order valence-corrected chi connectivity index (χ4v) is 2.31. The van der Waals surface area contributed by atoms with E-state index in [0.29, 0.717) is 10.9 Å². The predicted molar refractivity (Wildman–Crippen MR) is 76.9 cm³/mol. The third kappa shape index (κ3) is 2.61. The van der Waals surface area contributed by atoms with Crippen LogP contribution in [0.5, 0.6) is 0 Å². The molecule has 0 fully saturated rings. The van der Waals surface area contributed by atoms with Crippen molar-refractivity contribution in [2.45, 2.75) is 13.1 Å². The van der Waals surface area contributed by atoms with Gasteiger partial charge in [-0.05, 0) is 36.8 Å². The number of hydrogen-bond donors (Lipinski definition) is 0. The predicted octanol–water partition coefficient (Wildman–Crippen LogP) is 5.23. The van der Waals surface area contributed by atoms with Gasteiger partial charge in [0.2, 0.25) is 0 Å². The average molecular weight is 287 g/mol. The van der Waals surface area contributed by atoms with Crippen LogP contribution in [0.4, 0.5) is 13.2 Å². The maximum Gasteiger partial charge on any atom is 0.416 e. The van der Waals surface area contributed by atoms with E-state index in [2.05, 4.69) is 4.98 Å². The van der Waals surface area contributed by atoms with E-state index in [1.54, 1.807) is 12.1 Å². The first-order valence-electron chi connectivity index (χ1n) is 6.49. The van der Waals surface area contributed by atoms with Crippen LogP contribution >= 0.6 is 0 Å². The smallest absolute Gasteiger partial charge is 0.248 e. The number of aromatic nitrogens is 1. The SMILES string of the molecule is Cc1ccccc1-c1ccc2cc(C(F)(F)F)ccc2n1. The number of halogens is 3. The molecule has 3 rings (SSSR count). The third-order valence-electron chi connectivity index (χ3n) is 3.44. The Kier molecular flexibility index (Phi) is 3.16. The van der Waals surface area contributed by atoms with Crippen molar-refractivity contribution in [1.82, 2.24) is 4.98 Å². The molecule has 0 bridgehead atoms. The van der Waals surface area contributed by atoms with Crippen LogP contribution in [-0.4, -0.2) is 4.98 Å². The van der Waals surface area contributed by atoms with Crippen molar-refractivity contribution < 1.29 is 13.2 Å². The van der Waals surface area contributed by atoms with E-state index < -0.39 is 11.7 Å². The molecule has 2 aromatic carbocycles. The first-order chi connectivity index (χ1) is 9.95. The molecule has 3 aromatic rings. The van der Waals surface area contributed by atoms with Crippen LogP contribution in [0.25, 0.3) is 22.2 Å². The van der Waals surface area contributed by atoms with Gasteiger partial charge in [0.1, 0.15) is 0 Å². The number of hydrogen-bond acceptors (Lipinski definition) is 1. The van der Waals surface area contributed by atoms with Crippen molar-refractivity contribution in [1.29, 1.82) is 0 Å². The molecule has 0 aliphatic carbocycles. The van der Waals surface area contributed by atoms with Crippen molar-refractivity contribution in [3.8, 4) is 11.3 Å². The first kappa shape index (κ1) is 13.6. The van der Waals surface area contributed by atoms with Crippen LogP contribution in [0.3, 0.4) is 0 Å². The van der Waals surface area contributed by atoms with Crippen molar-refractivity contribution in [2.24, 2.45) is 0 Å². The summed E-state index contributed by atoms with van der Waals surface area (Å²) < 4.78 is 38.1. The number of pyridine rings is 1. The molecule has 1 heterocycles. The van der Waals surface area contributed by atoms with E-state index in [0.717, 1.165) is 29.0 Å². The summed E-state index contributed by atoms with van der Waals surface area (Å²) >= 11 is 0. The Bertz CT molecular complexity index is 806. The van der Waals surface area contributed by atoms with Gasteiger partial charge in [0.15, 0.2) is 0 Å². The van der Waals surface area contributed by atoms with Gasteiger partial charge in [0, 0.05) is 10.9 Å². The zero-order valence-electron chi connectivity index (χ0n) is 11.3. The molecular formula is C17H12F3N. The monoisotopic (exact) mass is 287 g/mol. The molecule has 0 atom stereocenters. The third-order valence-corrected chi connectivity index (χ3v) is 3.44. The summed E-state index contributed by atoms with van der Waals surface area (Å²) in [6.07, 6.45) is -4.33. The summed E-state index contributed by atoms with van der Waals surface area (Å²) in [6, 6.07) is 14.8. The quantitative estimate of drug-likeness (QED) is 0.597. The minimum absolute atomic E-state index is 0.488. The van der Waals surface area contributed by atoms with E-state index in [-0.39, 0.29) is 0 Å². The molecule has 4 heteroatoms. The maximum absolute atomic E-state index is 12.7. The summed E-state index contributed by atoms with van der Waals surface area (Å²) in [4.78, 5) is 4.46. The van der Waals surface area contributed by atoms with Crippen LogP contribution in [0, 0.1) is 6.92 Å². The topological polar surface area (TPSA) is 12.9 Å². The fourth-order valence-electron chi connectivity index (χ4n) is 2.31. The lowest BCUT2D eigenvalue weighted by molar-refractivity contribution is -0.137. The molecule has 0 unspecified atom stereocenters. The summed E-state index contributed by atoms with van der Waals surface area (Å²) in [6.45, 7) is 1.98. The van der Waals surface area contributed by atoms with Crippen LogP contribution in [0.1, 0.15) is 11.1 Å². The molecule has 0 radical (unpaired) electrons. The van der Waals surface area contributed by atoms with Gasteiger partial charge in [-0.3, -0.25) is 0 Å². The zero-order valence-corrected chi connectivity index (χ0v) is 11.3. The number of benzene rings is 2. The van der Waals surface area contributed by atoms with Crippen molar-refractivity contribution in [3.05, 3.63) is 65.7 Å². The highest BCUT2D eigenvalue weighted by molar-refractivity contribution is 5.82. The minimum atomic E-state index is -4.33. The van der Waals surface area contributed by atoms with Crippen molar-refractivity contribution in [2.75, 3.05) is 0 Å². The van der Waals surface area contributed by atoms with E-state index in [1.807, 2.05) is 31.2 Å². The van der Waals surface area contributed by atoms with Gasteiger partial charge in [-0.15, -0.1) is 0 Å². The maximum atomic E-state index is 12.7. The van der Waals surface area contributed by atoms with Crippen LogP contribution in [0.2, 0.25) is 0 Å². The second-order valence-corrected chi connectivity index (χ2v) is 4.92. The summed E-state index contributed by atoms with van der Waals surface area (Å²) in [5, 5.41) is 0.488. The fraction of sp³-hybridized carbons (Fsp3) is 0.118. The lowest BCUT2D eigenvalue weighted by Gasteiger charge is -2.09. The molecule has 0 aliphatic heterocycles. The Balaban J connectivity index is 2.12. The van der Waals surface area contributed by atoms with E-state index in [9.17, 15) is 13.2 Å². The standard InChI is InChI=1S/C17H12F3N/c1-11-4-2-3-5-14(11)16-8-6-12-10-13(17(18,19)20)7-9-15(12)21-16/h2-10H,1H3. The van der Waals surface area contributed by atoms with Gasteiger partial charge >= 0.3 is 6.18 Å². The Labute approximate surface area is 120 Å². The second kappa shape index (κ2) is 4.88. The lowest BCUT2D eigenvalue weighted by atomic mass is 10.0. The van der Waals surface area contributed by atoms with Gasteiger partial charge < -0.3 is 0 Å². The number of alkyl halides is 3. The van der Waals surface area contributed by atoms with E-state index in [1.165, 1.54) is 6.07 Å². The summed E-state index contributed by atoms with van der Waals surface area (Å²) in [5.41, 5.74) is 2.74. The molecule has 0 saturated carbocycles. The molecule has 0 saturated heterocycles. The Hall–Kier alpha value is -2.36. The largest absolute Gasteiger partial charge is 0.416 e. The first-order valence-corrected chi connectivity index (χ1v) is 6.49. The number of nitrogens with zero attached hydrogens (tertiary/aromatic N) is 1. The second-order valence-electron chi connectivity index (χ2n) is 4.92. The van der Waals surface area contributed by atoms with Gasteiger partial charge in [0.05, 0.1) is 16.8 Å². The molecule has 21 heavy (non-hydrogen) atoms. The molecule has 0 amide bonds. The number of aryl methyl sites for hydroxylation is 1. The van der Waals surface area contributed by atoms with Crippen LogP contribution < -0.4 is 0 Å². The minimum Gasteiger partial charge on any atom is -0.248 e. The van der Waals surface area contributed by atoms with Gasteiger partial charge in [0.25, 0.3) is 0 Å². The molecule has 0 aliphatic rings. The van der Waals surface area contributed by atoms with Crippen molar-refractivity contribution >= 4 is 10.9 Å². The Morgan fingerprint density at radius 2 is 1.67 bits per heavy atom. The van der Waals surface area contributed by atoms with Crippen LogP contribution in [0.15, 0.2) is 54.6 Å². The molecule has 1 aromatic heterocycles. The van der Waals surface area contributed by atoms with Gasteiger partial charge in [-0.2, -0.15) is 13.2 Å². The Morgan fingerprint density at radius 3 is 2.38 bits per heavy atom. The lowest BCUT2D eigenvalue weighted by Crippen LogP contribution is -2.04. The number of fused-ring (bicyclic) bond motifs is 1. The zero-order chi connectivity index (χ0) is 15.0. The van der Waals surface area contributed by atoms with Crippen LogP contribution in [-0.2, 0) is 6.18 Å². The highest BCUT2D eigenvalue weighted by Gasteiger charge is 2.30. The van der Waals surface area contributed by atoms with E-state index >= 15 is 0 Å². The van der Waals surface area contributed by atoms with Crippen molar-refractivity contribution in [3.63, 3.8) is 0 Å². The average Bonchev–Trinajstić information content (AvgIpc) is 2.46. The summed E-state index contributed by atoms with van der Waals surface area (Å²) in [7, 11) is 0. The van der Waals surface area contributed by atoms with Gasteiger partial charge in [-0.1, -0.05) is 30.3 Å². The molecule has 0 N–H and O–H groups in total. The molecule has 0 spiro atoms. The molecule has 106 valence electrons. The van der Waals surface area contributed by atoms with E-state index in [4.69, 9.17) is 0 Å². The molecular weight excluding hydrogens is 275 g/mol. The van der Waals surface area contributed by atoms with Gasteiger partial charge in [-0.25, -0.2) is 4.98 Å². The normalized spacial score (nSPS) is 11.8. The Morgan fingerprint density at radius 1 is 0.905 bits per heavy atom. The molecule has 1 nitrogen and oxygen atoms in total. The highest BCUT2D eigenvalue weighted by Crippen LogP contribution is 2.32. The number of rotatable bonds is 1. The highest BCUT2D eigenvalue weighted by atomic mass is 19.4.